The minimum Gasteiger partial charge on any atom is -0.484 e. The highest BCUT2D eigenvalue weighted by Crippen LogP contribution is 2.18. The average Bonchev–Trinajstić information content (AvgIpc) is 2.63. The number of benzene rings is 1. The highest BCUT2D eigenvalue weighted by atomic mass is 35.5. The topological polar surface area (TPSA) is 29.5 Å². The summed E-state index contributed by atoms with van der Waals surface area (Å²) >= 11 is 5.80. The van der Waals surface area contributed by atoms with E-state index in [0.717, 1.165) is 31.8 Å². The van der Waals surface area contributed by atoms with Gasteiger partial charge in [0.2, 0.25) is 0 Å². The van der Waals surface area contributed by atoms with Crippen LogP contribution in [0.1, 0.15) is 26.2 Å². The molecule has 1 saturated heterocycles. The summed E-state index contributed by atoms with van der Waals surface area (Å²) < 4.78 is 5.49. The van der Waals surface area contributed by atoms with Gasteiger partial charge in [0, 0.05) is 18.1 Å². The fraction of sp³-hybridized carbons (Fsp3) is 0.533. The lowest BCUT2D eigenvalue weighted by Crippen LogP contribution is -2.35. The predicted molar refractivity (Wildman–Crippen MR) is 76.5 cm³/mol. The first kappa shape index (κ1) is 14.2. The molecule has 104 valence electrons. The van der Waals surface area contributed by atoms with Crippen molar-refractivity contribution in [1.82, 2.24) is 4.90 Å². The van der Waals surface area contributed by atoms with Crippen molar-refractivity contribution in [2.75, 3.05) is 19.7 Å². The van der Waals surface area contributed by atoms with Gasteiger partial charge in [-0.05, 0) is 49.4 Å². The Morgan fingerprint density at radius 3 is 2.79 bits per heavy atom. The molecular formula is C15H20ClNO2. The molecule has 0 bridgehead atoms. The van der Waals surface area contributed by atoms with Gasteiger partial charge in [-0.25, -0.2) is 0 Å². The van der Waals surface area contributed by atoms with E-state index >= 15 is 0 Å². The van der Waals surface area contributed by atoms with Crippen LogP contribution < -0.4 is 4.74 Å². The van der Waals surface area contributed by atoms with Gasteiger partial charge in [-0.1, -0.05) is 18.5 Å². The number of nitrogens with zero attached hydrogens (tertiary/aromatic N) is 1. The Hall–Kier alpha value is -1.22. The van der Waals surface area contributed by atoms with Crippen LogP contribution in [0.4, 0.5) is 0 Å². The summed E-state index contributed by atoms with van der Waals surface area (Å²) in [5, 5.41) is 0.667. The number of carbonyl (C=O) groups excluding carboxylic acids is 1. The average molecular weight is 282 g/mol. The molecule has 1 atom stereocenters. The summed E-state index contributed by atoms with van der Waals surface area (Å²) in [5.74, 6) is 1.47. The molecule has 3 nitrogen and oxygen atoms in total. The SMILES string of the molecule is CC1CCCN(C(=O)COc2ccc(Cl)cc2)CC1. The van der Waals surface area contributed by atoms with Crippen molar-refractivity contribution >= 4 is 17.5 Å². The van der Waals surface area contributed by atoms with Gasteiger partial charge in [0.15, 0.2) is 6.61 Å². The second-order valence-corrected chi connectivity index (χ2v) is 5.60. The van der Waals surface area contributed by atoms with Crippen molar-refractivity contribution in [2.45, 2.75) is 26.2 Å². The first-order valence-electron chi connectivity index (χ1n) is 6.81. The number of hydrogen-bond donors (Lipinski definition) is 0. The van der Waals surface area contributed by atoms with Crippen molar-refractivity contribution in [3.8, 4) is 5.75 Å². The summed E-state index contributed by atoms with van der Waals surface area (Å²) in [4.78, 5) is 14.0. The van der Waals surface area contributed by atoms with E-state index in [1.165, 1.54) is 6.42 Å². The molecule has 0 aromatic heterocycles. The van der Waals surface area contributed by atoms with E-state index in [9.17, 15) is 4.79 Å². The van der Waals surface area contributed by atoms with Crippen LogP contribution in [-0.4, -0.2) is 30.5 Å². The number of rotatable bonds is 3. The van der Waals surface area contributed by atoms with Gasteiger partial charge < -0.3 is 9.64 Å². The Labute approximate surface area is 119 Å². The van der Waals surface area contributed by atoms with Crippen LogP contribution in [0.3, 0.4) is 0 Å². The van der Waals surface area contributed by atoms with Crippen molar-refractivity contribution < 1.29 is 9.53 Å². The summed E-state index contributed by atoms with van der Waals surface area (Å²) in [6.45, 7) is 4.06. The minimum atomic E-state index is 0.0732. The van der Waals surface area contributed by atoms with Crippen molar-refractivity contribution in [2.24, 2.45) is 5.92 Å². The summed E-state index contributed by atoms with van der Waals surface area (Å²) in [7, 11) is 0. The summed E-state index contributed by atoms with van der Waals surface area (Å²) in [5.41, 5.74) is 0. The summed E-state index contributed by atoms with van der Waals surface area (Å²) in [6.07, 6.45) is 3.39. The molecule has 1 amide bonds. The fourth-order valence-electron chi connectivity index (χ4n) is 2.28. The first-order chi connectivity index (χ1) is 9.15. The van der Waals surface area contributed by atoms with Crippen LogP contribution in [0.5, 0.6) is 5.75 Å². The van der Waals surface area contributed by atoms with E-state index in [1.54, 1.807) is 24.3 Å². The Bertz CT molecular complexity index is 419. The maximum atomic E-state index is 12.1. The smallest absolute Gasteiger partial charge is 0.260 e. The molecule has 1 unspecified atom stereocenters. The maximum Gasteiger partial charge on any atom is 0.260 e. The van der Waals surface area contributed by atoms with Gasteiger partial charge in [-0.2, -0.15) is 0 Å². The molecule has 0 saturated carbocycles. The molecule has 1 fully saturated rings. The third-order valence-electron chi connectivity index (χ3n) is 3.55. The molecule has 4 heteroatoms. The Morgan fingerprint density at radius 2 is 2.05 bits per heavy atom. The van der Waals surface area contributed by atoms with Gasteiger partial charge in [-0.3, -0.25) is 4.79 Å². The van der Waals surface area contributed by atoms with Crippen LogP contribution in [-0.2, 0) is 4.79 Å². The first-order valence-corrected chi connectivity index (χ1v) is 7.19. The third kappa shape index (κ3) is 4.43. The van der Waals surface area contributed by atoms with Crippen LogP contribution in [0.15, 0.2) is 24.3 Å². The fourth-order valence-corrected chi connectivity index (χ4v) is 2.41. The van der Waals surface area contributed by atoms with Gasteiger partial charge >= 0.3 is 0 Å². The third-order valence-corrected chi connectivity index (χ3v) is 3.80. The van der Waals surface area contributed by atoms with Gasteiger partial charge in [-0.15, -0.1) is 0 Å². The number of ether oxygens (including phenoxy) is 1. The van der Waals surface area contributed by atoms with Crippen LogP contribution in [0.25, 0.3) is 0 Å². The van der Waals surface area contributed by atoms with E-state index in [0.29, 0.717) is 10.8 Å². The van der Waals surface area contributed by atoms with E-state index in [1.807, 2.05) is 4.90 Å². The summed E-state index contributed by atoms with van der Waals surface area (Å²) in [6, 6.07) is 7.07. The second kappa shape index (κ2) is 6.80. The Morgan fingerprint density at radius 1 is 1.32 bits per heavy atom. The molecule has 1 aliphatic rings. The largest absolute Gasteiger partial charge is 0.484 e. The molecular weight excluding hydrogens is 262 g/mol. The van der Waals surface area contributed by atoms with Crippen molar-refractivity contribution in [3.05, 3.63) is 29.3 Å². The van der Waals surface area contributed by atoms with Crippen molar-refractivity contribution in [3.63, 3.8) is 0 Å². The second-order valence-electron chi connectivity index (χ2n) is 5.16. The zero-order valence-corrected chi connectivity index (χ0v) is 12.0. The van der Waals surface area contributed by atoms with E-state index in [4.69, 9.17) is 16.3 Å². The molecule has 2 rings (SSSR count). The highest BCUT2D eigenvalue weighted by Gasteiger charge is 2.18. The maximum absolute atomic E-state index is 12.1. The molecule has 1 aromatic rings. The molecule has 0 spiro atoms. The number of carbonyl (C=O) groups is 1. The lowest BCUT2D eigenvalue weighted by molar-refractivity contribution is -0.133. The van der Waals surface area contributed by atoms with E-state index in [2.05, 4.69) is 6.92 Å². The molecule has 1 aliphatic heterocycles. The van der Waals surface area contributed by atoms with Crippen LogP contribution in [0.2, 0.25) is 5.02 Å². The lowest BCUT2D eigenvalue weighted by Gasteiger charge is -2.20. The van der Waals surface area contributed by atoms with E-state index in [-0.39, 0.29) is 12.5 Å². The van der Waals surface area contributed by atoms with Gasteiger partial charge in [0.1, 0.15) is 5.75 Å². The molecule has 19 heavy (non-hydrogen) atoms. The monoisotopic (exact) mass is 281 g/mol. The van der Waals surface area contributed by atoms with E-state index < -0.39 is 0 Å². The molecule has 0 radical (unpaired) electrons. The zero-order valence-electron chi connectivity index (χ0n) is 11.3. The number of hydrogen-bond acceptors (Lipinski definition) is 2. The predicted octanol–water partition coefficient (Wildman–Crippen LogP) is 3.37. The quantitative estimate of drug-likeness (QED) is 0.850. The number of amides is 1. The van der Waals surface area contributed by atoms with Gasteiger partial charge in [0.05, 0.1) is 0 Å². The van der Waals surface area contributed by atoms with Crippen molar-refractivity contribution in [1.29, 1.82) is 0 Å². The van der Waals surface area contributed by atoms with Gasteiger partial charge in [0.25, 0.3) is 5.91 Å². The number of halogens is 1. The highest BCUT2D eigenvalue weighted by molar-refractivity contribution is 6.30. The zero-order chi connectivity index (χ0) is 13.7. The Kier molecular flexibility index (Phi) is 5.08. The molecule has 1 aromatic carbocycles. The Balaban J connectivity index is 1.82. The lowest BCUT2D eigenvalue weighted by atomic mass is 10.0. The molecule has 0 aliphatic carbocycles. The molecule has 0 N–H and O–H groups in total. The number of likely N-dealkylation sites (tertiary alicyclic amines) is 1. The van der Waals surface area contributed by atoms with Crippen LogP contribution >= 0.6 is 11.6 Å². The van der Waals surface area contributed by atoms with Crippen LogP contribution in [0, 0.1) is 5.92 Å². The minimum absolute atomic E-state index is 0.0732. The normalized spacial score (nSPS) is 19.9. The standard InChI is InChI=1S/C15H20ClNO2/c1-12-3-2-9-17(10-8-12)15(18)11-19-14-6-4-13(16)5-7-14/h4-7,12H,2-3,8-11H2,1H3. The molecule has 1 heterocycles.